The van der Waals surface area contributed by atoms with Crippen molar-refractivity contribution in [2.45, 2.75) is 37.6 Å². The van der Waals surface area contributed by atoms with Crippen molar-refractivity contribution in [1.29, 1.82) is 0 Å². The van der Waals surface area contributed by atoms with Gasteiger partial charge >= 0.3 is 0 Å². The van der Waals surface area contributed by atoms with Gasteiger partial charge in [-0.3, -0.25) is 4.79 Å². The minimum atomic E-state index is 0. The monoisotopic (exact) mass is 330 g/mol. The van der Waals surface area contributed by atoms with E-state index in [0.29, 0.717) is 24.8 Å². The Bertz CT molecular complexity index is 639. The van der Waals surface area contributed by atoms with Crippen LogP contribution in [-0.2, 0) is 11.2 Å². The van der Waals surface area contributed by atoms with Crippen LogP contribution < -0.4 is 11.1 Å². The minimum Gasteiger partial charge on any atom is -0.399 e. The van der Waals surface area contributed by atoms with Crippen LogP contribution in [0.2, 0.25) is 0 Å². The maximum atomic E-state index is 12.0. The van der Waals surface area contributed by atoms with Gasteiger partial charge in [-0.2, -0.15) is 0 Å². The summed E-state index contributed by atoms with van der Waals surface area (Å²) in [6, 6.07) is 18.6. The number of hydrogen-bond acceptors (Lipinski definition) is 2. The number of anilines is 1. The lowest BCUT2D eigenvalue weighted by Gasteiger charge is -2.36. The first-order chi connectivity index (χ1) is 10.7. The average molecular weight is 331 g/mol. The Kier molecular flexibility index (Phi) is 6.05. The molecule has 122 valence electrons. The van der Waals surface area contributed by atoms with Gasteiger partial charge in [0.15, 0.2) is 0 Å². The van der Waals surface area contributed by atoms with E-state index < -0.39 is 0 Å². The molecular weight excluding hydrogens is 308 g/mol. The summed E-state index contributed by atoms with van der Waals surface area (Å²) < 4.78 is 0. The van der Waals surface area contributed by atoms with Gasteiger partial charge in [0, 0.05) is 18.2 Å². The SMILES string of the molecule is Cl.Nc1ccccc1CCC(=O)NC1CC(c2ccccc2)C1. The third kappa shape index (κ3) is 4.49. The number of amides is 1. The van der Waals surface area contributed by atoms with Crippen molar-refractivity contribution < 1.29 is 4.79 Å². The van der Waals surface area contributed by atoms with Crippen LogP contribution in [0.25, 0.3) is 0 Å². The van der Waals surface area contributed by atoms with Crippen LogP contribution in [0.5, 0.6) is 0 Å². The zero-order valence-corrected chi connectivity index (χ0v) is 13.9. The second kappa shape index (κ2) is 8.02. The number of halogens is 1. The van der Waals surface area contributed by atoms with Crippen molar-refractivity contribution in [3.63, 3.8) is 0 Å². The standard InChI is InChI=1S/C19H22N2O.ClH/c20-18-9-5-4-8-15(18)10-11-19(22)21-17-12-16(13-17)14-6-2-1-3-7-14;/h1-9,16-17H,10-13,20H2,(H,21,22);1H. The molecule has 23 heavy (non-hydrogen) atoms. The molecule has 3 N–H and O–H groups in total. The van der Waals surface area contributed by atoms with Gasteiger partial charge in [0.25, 0.3) is 0 Å². The lowest BCUT2D eigenvalue weighted by Crippen LogP contribution is -2.43. The highest BCUT2D eigenvalue weighted by atomic mass is 35.5. The summed E-state index contributed by atoms with van der Waals surface area (Å²) in [4.78, 5) is 12.0. The predicted octanol–water partition coefficient (Wildman–Crippen LogP) is 3.69. The lowest BCUT2D eigenvalue weighted by atomic mass is 9.76. The Balaban J connectivity index is 0.00000192. The summed E-state index contributed by atoms with van der Waals surface area (Å²) in [5.74, 6) is 0.719. The Labute approximate surface area is 143 Å². The van der Waals surface area contributed by atoms with Crippen LogP contribution in [0.4, 0.5) is 5.69 Å². The number of para-hydroxylation sites is 1. The van der Waals surface area contributed by atoms with Crippen LogP contribution in [0.1, 0.15) is 36.3 Å². The fraction of sp³-hybridized carbons (Fsp3) is 0.316. The van der Waals surface area contributed by atoms with Gasteiger partial charge in [-0.1, -0.05) is 48.5 Å². The van der Waals surface area contributed by atoms with Crippen molar-refractivity contribution in [1.82, 2.24) is 5.32 Å². The van der Waals surface area contributed by atoms with E-state index in [1.165, 1.54) is 5.56 Å². The molecule has 1 aliphatic carbocycles. The third-order valence-corrected chi connectivity index (χ3v) is 4.45. The number of nitrogens with two attached hydrogens (primary N) is 1. The van der Waals surface area contributed by atoms with Gasteiger partial charge in [-0.15, -0.1) is 12.4 Å². The molecule has 0 unspecified atom stereocenters. The normalized spacial score (nSPS) is 19.3. The van der Waals surface area contributed by atoms with E-state index >= 15 is 0 Å². The van der Waals surface area contributed by atoms with Gasteiger partial charge in [-0.25, -0.2) is 0 Å². The first kappa shape index (κ1) is 17.4. The fourth-order valence-electron chi connectivity index (χ4n) is 3.04. The number of hydrogen-bond donors (Lipinski definition) is 2. The van der Waals surface area contributed by atoms with Crippen molar-refractivity contribution in [2.75, 3.05) is 5.73 Å². The molecular formula is C19H23ClN2O. The largest absolute Gasteiger partial charge is 0.399 e. The zero-order chi connectivity index (χ0) is 15.4. The molecule has 3 rings (SSSR count). The summed E-state index contributed by atoms with van der Waals surface area (Å²) in [6.45, 7) is 0. The van der Waals surface area contributed by atoms with Crippen LogP contribution >= 0.6 is 12.4 Å². The van der Waals surface area contributed by atoms with Crippen LogP contribution in [0, 0.1) is 0 Å². The summed E-state index contributed by atoms with van der Waals surface area (Å²) in [7, 11) is 0. The second-order valence-electron chi connectivity index (χ2n) is 6.04. The highest BCUT2D eigenvalue weighted by molar-refractivity contribution is 5.85. The second-order valence-corrected chi connectivity index (χ2v) is 6.04. The Morgan fingerprint density at radius 3 is 2.39 bits per heavy atom. The van der Waals surface area contributed by atoms with E-state index in [1.807, 2.05) is 30.3 Å². The number of nitrogen functional groups attached to an aromatic ring is 1. The first-order valence-electron chi connectivity index (χ1n) is 7.90. The summed E-state index contributed by atoms with van der Waals surface area (Å²) in [6.07, 6.45) is 3.29. The third-order valence-electron chi connectivity index (χ3n) is 4.45. The van der Waals surface area contributed by atoms with Gasteiger partial charge < -0.3 is 11.1 Å². The van der Waals surface area contributed by atoms with E-state index in [2.05, 4.69) is 29.6 Å². The molecule has 0 bridgehead atoms. The Morgan fingerprint density at radius 1 is 1.04 bits per heavy atom. The summed E-state index contributed by atoms with van der Waals surface area (Å²) in [5.41, 5.74) is 9.09. The number of carbonyl (C=O) groups is 1. The molecule has 4 heteroatoms. The molecule has 1 amide bonds. The highest BCUT2D eigenvalue weighted by Gasteiger charge is 2.30. The molecule has 0 saturated heterocycles. The van der Waals surface area contributed by atoms with Crippen molar-refractivity contribution in [3.8, 4) is 0 Å². The van der Waals surface area contributed by atoms with Crippen LogP contribution in [0.15, 0.2) is 54.6 Å². The Hall–Kier alpha value is -2.00. The van der Waals surface area contributed by atoms with Gasteiger partial charge in [0.2, 0.25) is 5.91 Å². The highest BCUT2D eigenvalue weighted by Crippen LogP contribution is 2.36. The molecule has 1 saturated carbocycles. The molecule has 1 aliphatic rings. The lowest BCUT2D eigenvalue weighted by molar-refractivity contribution is -0.122. The molecule has 0 aromatic heterocycles. The molecule has 0 aliphatic heterocycles. The molecule has 0 heterocycles. The van der Waals surface area contributed by atoms with Crippen LogP contribution in [-0.4, -0.2) is 11.9 Å². The number of rotatable bonds is 5. The average Bonchev–Trinajstić information content (AvgIpc) is 2.50. The minimum absolute atomic E-state index is 0. The topological polar surface area (TPSA) is 55.1 Å². The predicted molar refractivity (Wildman–Crippen MR) is 96.8 cm³/mol. The van der Waals surface area contributed by atoms with Gasteiger partial charge in [0.1, 0.15) is 0 Å². The van der Waals surface area contributed by atoms with E-state index in [1.54, 1.807) is 0 Å². The molecule has 2 aromatic carbocycles. The molecule has 0 radical (unpaired) electrons. The van der Waals surface area contributed by atoms with Crippen LogP contribution in [0.3, 0.4) is 0 Å². The maximum absolute atomic E-state index is 12.0. The zero-order valence-electron chi connectivity index (χ0n) is 13.1. The van der Waals surface area contributed by atoms with Crippen molar-refractivity contribution in [3.05, 3.63) is 65.7 Å². The quantitative estimate of drug-likeness (QED) is 0.821. The molecule has 0 atom stereocenters. The van der Waals surface area contributed by atoms with Gasteiger partial charge in [-0.05, 0) is 42.4 Å². The smallest absolute Gasteiger partial charge is 0.220 e. The van der Waals surface area contributed by atoms with Crippen molar-refractivity contribution >= 4 is 24.0 Å². The maximum Gasteiger partial charge on any atom is 0.220 e. The van der Waals surface area contributed by atoms with E-state index in [9.17, 15) is 4.79 Å². The fourth-order valence-corrected chi connectivity index (χ4v) is 3.04. The molecule has 1 fully saturated rings. The van der Waals surface area contributed by atoms with E-state index in [-0.39, 0.29) is 18.3 Å². The Morgan fingerprint density at radius 2 is 1.70 bits per heavy atom. The number of carbonyl (C=O) groups excluding carboxylic acids is 1. The first-order valence-corrected chi connectivity index (χ1v) is 7.90. The van der Waals surface area contributed by atoms with E-state index in [0.717, 1.165) is 24.1 Å². The molecule has 2 aromatic rings. The van der Waals surface area contributed by atoms with E-state index in [4.69, 9.17) is 5.73 Å². The van der Waals surface area contributed by atoms with Gasteiger partial charge in [0.05, 0.1) is 0 Å². The number of benzene rings is 2. The van der Waals surface area contributed by atoms with Crippen molar-refractivity contribution in [2.24, 2.45) is 0 Å². The molecule has 0 spiro atoms. The summed E-state index contributed by atoms with van der Waals surface area (Å²) in [5, 5.41) is 3.13. The number of aryl methyl sites for hydroxylation is 1. The summed E-state index contributed by atoms with van der Waals surface area (Å²) >= 11 is 0. The number of nitrogens with one attached hydrogen (secondary N) is 1. The molecule has 3 nitrogen and oxygen atoms in total.